The zero-order valence-corrected chi connectivity index (χ0v) is 10.7. The van der Waals surface area contributed by atoms with Gasteiger partial charge in [0, 0.05) is 0 Å². The second-order valence-corrected chi connectivity index (χ2v) is 5.53. The highest BCUT2D eigenvalue weighted by Gasteiger charge is 2.37. The lowest BCUT2D eigenvalue weighted by atomic mass is 9.86. The van der Waals surface area contributed by atoms with E-state index in [1.165, 1.54) is 11.1 Å². The molecule has 0 saturated heterocycles. The second-order valence-electron chi connectivity index (χ2n) is 5.53. The fraction of sp³-hybridized carbons (Fsp3) is 0.500. The largest absolute Gasteiger partial charge is 0.348 e. The van der Waals surface area contributed by atoms with Crippen LogP contribution in [0.3, 0.4) is 0 Å². The molecule has 17 heavy (non-hydrogen) atoms. The minimum Gasteiger partial charge on any atom is -0.348 e. The van der Waals surface area contributed by atoms with E-state index in [0.717, 1.165) is 6.42 Å². The number of nitrogens with one attached hydrogen (secondary N) is 1. The topological polar surface area (TPSA) is 55.1 Å². The van der Waals surface area contributed by atoms with Crippen LogP contribution in [-0.2, 0) is 10.2 Å². The van der Waals surface area contributed by atoms with Crippen molar-refractivity contribution in [1.29, 1.82) is 0 Å². The van der Waals surface area contributed by atoms with Crippen LogP contribution in [0.2, 0.25) is 0 Å². The maximum Gasteiger partial charge on any atom is 0.237 e. The van der Waals surface area contributed by atoms with Crippen LogP contribution in [-0.4, -0.2) is 11.9 Å². The summed E-state index contributed by atoms with van der Waals surface area (Å²) in [5, 5.41) is 3.03. The number of benzene rings is 1. The number of fused-ring (bicyclic) bond motifs is 1. The van der Waals surface area contributed by atoms with Crippen molar-refractivity contribution >= 4 is 5.91 Å². The van der Waals surface area contributed by atoms with E-state index in [4.69, 9.17) is 5.73 Å². The summed E-state index contributed by atoms with van der Waals surface area (Å²) in [4.78, 5) is 11.7. The Kier molecular flexibility index (Phi) is 2.96. The van der Waals surface area contributed by atoms with Crippen molar-refractivity contribution in [3.05, 3.63) is 35.4 Å². The van der Waals surface area contributed by atoms with Gasteiger partial charge in [-0.25, -0.2) is 0 Å². The van der Waals surface area contributed by atoms with Crippen LogP contribution < -0.4 is 11.1 Å². The molecule has 0 spiro atoms. The molecule has 0 fully saturated rings. The molecule has 1 aromatic carbocycles. The van der Waals surface area contributed by atoms with Crippen molar-refractivity contribution in [2.45, 2.75) is 44.7 Å². The molecule has 1 aliphatic rings. The van der Waals surface area contributed by atoms with E-state index in [-0.39, 0.29) is 17.4 Å². The van der Waals surface area contributed by atoms with E-state index in [0.29, 0.717) is 0 Å². The number of carbonyl (C=O) groups excluding carboxylic acids is 1. The minimum absolute atomic E-state index is 0.0810. The number of hydrogen-bond donors (Lipinski definition) is 2. The highest BCUT2D eigenvalue weighted by Crippen LogP contribution is 2.44. The summed E-state index contributed by atoms with van der Waals surface area (Å²) in [5.41, 5.74) is 8.26. The predicted molar refractivity (Wildman–Crippen MR) is 68.6 cm³/mol. The lowest BCUT2D eigenvalue weighted by Gasteiger charge is -2.20. The van der Waals surface area contributed by atoms with Gasteiger partial charge >= 0.3 is 0 Å². The first-order valence-corrected chi connectivity index (χ1v) is 6.07. The zero-order valence-electron chi connectivity index (χ0n) is 10.7. The maximum atomic E-state index is 11.7. The Morgan fingerprint density at radius 2 is 2.12 bits per heavy atom. The SMILES string of the molecule is C[C@@H](N)C(=O)NC1CC(C)(C)c2ccccc21. The summed E-state index contributed by atoms with van der Waals surface area (Å²) in [7, 11) is 0. The quantitative estimate of drug-likeness (QED) is 0.818. The first-order valence-electron chi connectivity index (χ1n) is 6.07. The van der Waals surface area contributed by atoms with E-state index in [2.05, 4.69) is 37.4 Å². The molecule has 0 aliphatic heterocycles. The zero-order chi connectivity index (χ0) is 12.6. The standard InChI is InChI=1S/C14H20N2O/c1-9(15)13(17)16-12-8-14(2,3)11-7-5-4-6-10(11)12/h4-7,9,12H,8,15H2,1-3H3,(H,16,17)/t9-,12?/m1/s1. The van der Waals surface area contributed by atoms with Crippen LogP contribution in [0.5, 0.6) is 0 Å². The van der Waals surface area contributed by atoms with Crippen LogP contribution in [0.1, 0.15) is 44.4 Å². The second kappa shape index (κ2) is 4.15. The summed E-state index contributed by atoms with van der Waals surface area (Å²) in [6.07, 6.45) is 0.935. The van der Waals surface area contributed by atoms with E-state index < -0.39 is 6.04 Å². The third-order valence-corrected chi connectivity index (χ3v) is 3.51. The fourth-order valence-corrected chi connectivity index (χ4v) is 2.58. The molecule has 1 aromatic rings. The fourth-order valence-electron chi connectivity index (χ4n) is 2.58. The van der Waals surface area contributed by atoms with Crippen LogP contribution in [0.25, 0.3) is 0 Å². The number of hydrogen-bond acceptors (Lipinski definition) is 2. The maximum absolute atomic E-state index is 11.7. The third kappa shape index (κ3) is 2.20. The lowest BCUT2D eigenvalue weighted by Crippen LogP contribution is -2.40. The van der Waals surface area contributed by atoms with Crippen LogP contribution in [0.4, 0.5) is 0 Å². The van der Waals surface area contributed by atoms with Gasteiger partial charge in [0.2, 0.25) is 5.91 Å². The van der Waals surface area contributed by atoms with Gasteiger partial charge in [-0.05, 0) is 29.9 Å². The molecule has 1 aliphatic carbocycles. The van der Waals surface area contributed by atoms with E-state index in [9.17, 15) is 4.79 Å². The molecule has 0 radical (unpaired) electrons. The third-order valence-electron chi connectivity index (χ3n) is 3.51. The molecular weight excluding hydrogens is 212 g/mol. The first-order chi connectivity index (χ1) is 7.92. The van der Waals surface area contributed by atoms with Crippen LogP contribution in [0, 0.1) is 0 Å². The Morgan fingerprint density at radius 3 is 2.76 bits per heavy atom. The van der Waals surface area contributed by atoms with Crippen LogP contribution in [0.15, 0.2) is 24.3 Å². The van der Waals surface area contributed by atoms with E-state index in [1.54, 1.807) is 6.92 Å². The van der Waals surface area contributed by atoms with Crippen molar-refractivity contribution in [3.8, 4) is 0 Å². The van der Waals surface area contributed by atoms with Crippen molar-refractivity contribution in [1.82, 2.24) is 5.32 Å². The molecule has 0 bridgehead atoms. The molecule has 1 unspecified atom stereocenters. The average molecular weight is 232 g/mol. The predicted octanol–water partition coefficient (Wildman–Crippen LogP) is 1.87. The summed E-state index contributed by atoms with van der Waals surface area (Å²) < 4.78 is 0. The minimum atomic E-state index is -0.453. The molecule has 3 nitrogen and oxygen atoms in total. The van der Waals surface area contributed by atoms with Gasteiger partial charge in [0.05, 0.1) is 12.1 Å². The first kappa shape index (κ1) is 12.1. The lowest BCUT2D eigenvalue weighted by molar-refractivity contribution is -0.122. The van der Waals surface area contributed by atoms with Gasteiger partial charge in [0.1, 0.15) is 0 Å². The van der Waals surface area contributed by atoms with Crippen molar-refractivity contribution < 1.29 is 4.79 Å². The Bertz CT molecular complexity index is 438. The summed E-state index contributed by atoms with van der Waals surface area (Å²) in [6.45, 7) is 6.13. The van der Waals surface area contributed by atoms with Gasteiger partial charge in [-0.1, -0.05) is 38.1 Å². The normalized spacial score (nSPS) is 22.9. The van der Waals surface area contributed by atoms with Crippen LogP contribution >= 0.6 is 0 Å². The molecule has 1 amide bonds. The smallest absolute Gasteiger partial charge is 0.237 e. The van der Waals surface area contributed by atoms with Gasteiger partial charge < -0.3 is 11.1 Å². The highest BCUT2D eigenvalue weighted by atomic mass is 16.2. The molecule has 92 valence electrons. The number of amides is 1. The molecule has 2 rings (SSSR count). The highest BCUT2D eigenvalue weighted by molar-refractivity contribution is 5.81. The molecule has 3 N–H and O–H groups in total. The average Bonchev–Trinajstić information content (AvgIpc) is 2.51. The Balaban J connectivity index is 2.26. The Hall–Kier alpha value is -1.35. The number of rotatable bonds is 2. The Morgan fingerprint density at radius 1 is 1.47 bits per heavy atom. The number of carbonyl (C=O) groups is 1. The molecule has 2 atom stereocenters. The van der Waals surface area contributed by atoms with Gasteiger partial charge in [-0.15, -0.1) is 0 Å². The van der Waals surface area contributed by atoms with Gasteiger partial charge in [0.15, 0.2) is 0 Å². The molecule has 0 saturated carbocycles. The van der Waals surface area contributed by atoms with E-state index in [1.807, 2.05) is 6.07 Å². The van der Waals surface area contributed by atoms with Gasteiger partial charge in [-0.3, -0.25) is 4.79 Å². The molecule has 0 aromatic heterocycles. The molecule has 0 heterocycles. The van der Waals surface area contributed by atoms with Crippen molar-refractivity contribution in [2.75, 3.05) is 0 Å². The Labute approximate surface area is 102 Å². The summed E-state index contributed by atoms with van der Waals surface area (Å²) in [5.74, 6) is -0.0810. The summed E-state index contributed by atoms with van der Waals surface area (Å²) in [6, 6.07) is 7.95. The summed E-state index contributed by atoms with van der Waals surface area (Å²) >= 11 is 0. The molecular formula is C14H20N2O. The monoisotopic (exact) mass is 232 g/mol. The van der Waals surface area contributed by atoms with Crippen molar-refractivity contribution in [2.24, 2.45) is 5.73 Å². The van der Waals surface area contributed by atoms with Crippen molar-refractivity contribution in [3.63, 3.8) is 0 Å². The molecule has 3 heteroatoms. The van der Waals surface area contributed by atoms with Gasteiger partial charge in [-0.2, -0.15) is 0 Å². The van der Waals surface area contributed by atoms with E-state index >= 15 is 0 Å². The number of nitrogens with two attached hydrogens (primary N) is 1. The van der Waals surface area contributed by atoms with Gasteiger partial charge in [0.25, 0.3) is 0 Å².